The Labute approximate surface area is 303 Å². The third-order valence-electron chi connectivity index (χ3n) is 6.72. The number of nitrogens with zero attached hydrogens (tertiary/aromatic N) is 2. The molecule has 278 valence electrons. The van der Waals surface area contributed by atoms with Gasteiger partial charge in [-0.05, 0) is 69.5 Å². The number of hydrogen-bond acceptors (Lipinski definition) is 11. The highest BCUT2D eigenvalue weighted by atomic mass is 35.5. The minimum absolute atomic E-state index is 0.0511. The van der Waals surface area contributed by atoms with Crippen LogP contribution in [0.5, 0.6) is 0 Å². The van der Waals surface area contributed by atoms with Crippen LogP contribution in [0.25, 0.3) is 0 Å². The molecule has 4 N–H and O–H groups in total. The number of halogens is 2. The first-order valence-corrected chi connectivity index (χ1v) is 17.1. The van der Waals surface area contributed by atoms with E-state index in [1.165, 1.54) is 18.1 Å². The average molecular weight is 743 g/mol. The van der Waals surface area contributed by atoms with Crippen molar-refractivity contribution in [1.82, 2.24) is 15.6 Å². The smallest absolute Gasteiger partial charge is 0.416 e. The summed E-state index contributed by atoms with van der Waals surface area (Å²) in [5, 5.41) is 6.15. The highest BCUT2D eigenvalue weighted by molar-refractivity contribution is 6.34. The molecular weight excluding hydrogens is 693 g/mol. The summed E-state index contributed by atoms with van der Waals surface area (Å²) in [4.78, 5) is 57.5. The number of carbonyl (C=O) groups is 4. The van der Waals surface area contributed by atoms with Crippen LogP contribution >= 0.6 is 23.2 Å². The van der Waals surface area contributed by atoms with E-state index in [2.05, 4.69) is 15.6 Å². The van der Waals surface area contributed by atoms with E-state index in [-0.39, 0.29) is 39.2 Å². The highest BCUT2D eigenvalue weighted by Crippen LogP contribution is 2.26. The molecule has 1 unspecified atom stereocenters. The number of anilines is 1. The number of hydrogen-bond donors (Lipinski definition) is 3. The fourth-order valence-corrected chi connectivity index (χ4v) is 4.95. The van der Waals surface area contributed by atoms with Crippen molar-refractivity contribution in [2.75, 3.05) is 64.7 Å². The number of esters is 1. The van der Waals surface area contributed by atoms with Crippen molar-refractivity contribution >= 4 is 52.9 Å². The SMILES string of the molecule is COC(=O)CC(NC(=O)[C@H](COCCOCCOCCN)NC(=O)CCCCN(C(=O)OC(C)(C)C)c1ccccn1)c1cc(Cl)cc(Cl)c1. The molecule has 0 aliphatic rings. The number of methoxy groups -OCH3 is 1. The Morgan fingerprint density at radius 3 is 2.18 bits per heavy atom. The Balaban J connectivity index is 2.07. The zero-order valence-corrected chi connectivity index (χ0v) is 30.6. The van der Waals surface area contributed by atoms with E-state index in [9.17, 15) is 19.2 Å². The molecule has 1 heterocycles. The molecule has 0 saturated carbocycles. The van der Waals surface area contributed by atoms with Gasteiger partial charge in [0.15, 0.2) is 0 Å². The van der Waals surface area contributed by atoms with Crippen molar-refractivity contribution < 1.29 is 42.9 Å². The molecular formula is C34H49Cl2N5O9. The van der Waals surface area contributed by atoms with Crippen LogP contribution in [0.2, 0.25) is 10.0 Å². The normalized spacial score (nSPS) is 12.5. The Hall–Kier alpha value is -3.53. The minimum Gasteiger partial charge on any atom is -0.469 e. The van der Waals surface area contributed by atoms with Crippen LogP contribution < -0.4 is 21.3 Å². The predicted molar refractivity (Wildman–Crippen MR) is 189 cm³/mol. The number of aromatic nitrogens is 1. The third kappa shape index (κ3) is 17.4. The van der Waals surface area contributed by atoms with Crippen molar-refractivity contribution in [3.05, 3.63) is 58.2 Å². The number of benzene rings is 1. The van der Waals surface area contributed by atoms with Crippen LogP contribution in [-0.2, 0) is 38.1 Å². The molecule has 0 saturated heterocycles. The van der Waals surface area contributed by atoms with Gasteiger partial charge >= 0.3 is 12.1 Å². The van der Waals surface area contributed by atoms with E-state index in [1.54, 1.807) is 57.3 Å². The van der Waals surface area contributed by atoms with E-state index in [1.807, 2.05) is 0 Å². The quantitative estimate of drug-likeness (QED) is 0.116. The second kappa shape index (κ2) is 23.0. The lowest BCUT2D eigenvalue weighted by molar-refractivity contribution is -0.141. The van der Waals surface area contributed by atoms with Gasteiger partial charge in [-0.2, -0.15) is 0 Å². The van der Waals surface area contributed by atoms with Crippen LogP contribution in [-0.4, -0.2) is 100 Å². The largest absolute Gasteiger partial charge is 0.469 e. The van der Waals surface area contributed by atoms with Gasteiger partial charge in [-0.1, -0.05) is 29.3 Å². The number of ether oxygens (including phenoxy) is 5. The number of nitrogens with one attached hydrogen (secondary N) is 2. The molecule has 0 bridgehead atoms. The molecule has 0 aliphatic carbocycles. The maximum Gasteiger partial charge on any atom is 0.416 e. The molecule has 1 aromatic carbocycles. The van der Waals surface area contributed by atoms with E-state index in [0.717, 1.165) is 0 Å². The van der Waals surface area contributed by atoms with Gasteiger partial charge in [-0.3, -0.25) is 19.3 Å². The molecule has 0 spiro atoms. The average Bonchev–Trinajstić information content (AvgIpc) is 3.05. The first-order valence-electron chi connectivity index (χ1n) is 16.3. The maximum absolute atomic E-state index is 13.6. The number of pyridine rings is 1. The Morgan fingerprint density at radius 2 is 1.58 bits per heavy atom. The predicted octanol–water partition coefficient (Wildman–Crippen LogP) is 4.21. The van der Waals surface area contributed by atoms with Gasteiger partial charge in [-0.15, -0.1) is 0 Å². The Kier molecular flexibility index (Phi) is 19.6. The van der Waals surface area contributed by atoms with Crippen LogP contribution in [0.1, 0.15) is 58.1 Å². The van der Waals surface area contributed by atoms with E-state index in [0.29, 0.717) is 60.6 Å². The number of amides is 3. The topological polar surface area (TPSA) is 181 Å². The first kappa shape index (κ1) is 42.6. The van der Waals surface area contributed by atoms with Crippen molar-refractivity contribution in [2.24, 2.45) is 5.73 Å². The summed E-state index contributed by atoms with van der Waals surface area (Å²) >= 11 is 12.4. The van der Waals surface area contributed by atoms with Crippen molar-refractivity contribution in [3.8, 4) is 0 Å². The number of nitrogens with two attached hydrogens (primary N) is 1. The zero-order valence-electron chi connectivity index (χ0n) is 29.1. The molecule has 2 aromatic rings. The second-order valence-corrected chi connectivity index (χ2v) is 12.9. The van der Waals surface area contributed by atoms with E-state index in [4.69, 9.17) is 52.6 Å². The van der Waals surface area contributed by atoms with Crippen molar-refractivity contribution in [3.63, 3.8) is 0 Å². The number of carbonyl (C=O) groups excluding carboxylic acids is 4. The van der Waals surface area contributed by atoms with E-state index < -0.39 is 41.6 Å². The van der Waals surface area contributed by atoms with Crippen LogP contribution in [0.15, 0.2) is 42.6 Å². The van der Waals surface area contributed by atoms with Crippen molar-refractivity contribution in [1.29, 1.82) is 0 Å². The summed E-state index contributed by atoms with van der Waals surface area (Å²) in [5.74, 6) is -1.18. The van der Waals surface area contributed by atoms with Crippen LogP contribution in [0.3, 0.4) is 0 Å². The monoisotopic (exact) mass is 741 g/mol. The number of unbranched alkanes of at least 4 members (excludes halogenated alkanes) is 1. The summed E-state index contributed by atoms with van der Waals surface area (Å²) in [6.07, 6.45) is 1.69. The standard InChI is InChI=1S/C34H49Cl2N5O9/c1-34(2,3)50-33(45)41(29-9-5-7-12-38-29)13-8-6-10-30(42)39-28(23-49-18-17-48-16-15-47-14-11-37)32(44)40-27(22-31(43)46-4)24-19-25(35)21-26(36)20-24/h5,7,9,12,19-21,27-28H,6,8,10-11,13-18,22-23,37H2,1-4H3,(H,39,42)(H,40,44)/t27?,28-/m0/s1. The van der Waals surface area contributed by atoms with Crippen molar-refractivity contribution in [2.45, 2.75) is 64.1 Å². The van der Waals surface area contributed by atoms with Gasteiger partial charge in [0.2, 0.25) is 11.8 Å². The molecule has 2 atom stereocenters. The Bertz CT molecular complexity index is 1330. The lowest BCUT2D eigenvalue weighted by Gasteiger charge is -2.26. The highest BCUT2D eigenvalue weighted by Gasteiger charge is 2.27. The molecule has 0 fully saturated rings. The molecule has 0 aliphatic heterocycles. The molecule has 2 rings (SSSR count). The summed E-state index contributed by atoms with van der Waals surface area (Å²) in [5.41, 5.74) is 5.16. The number of rotatable bonds is 22. The molecule has 3 amide bonds. The van der Waals surface area contributed by atoms with Gasteiger partial charge in [-0.25, -0.2) is 9.78 Å². The second-order valence-electron chi connectivity index (χ2n) is 12.0. The lowest BCUT2D eigenvalue weighted by Crippen LogP contribution is -2.50. The molecule has 50 heavy (non-hydrogen) atoms. The molecule has 16 heteroatoms. The van der Waals surface area contributed by atoms with Gasteiger partial charge in [0.05, 0.1) is 59.2 Å². The third-order valence-corrected chi connectivity index (χ3v) is 7.16. The van der Waals surface area contributed by atoms with Crippen LogP contribution in [0.4, 0.5) is 10.6 Å². The maximum atomic E-state index is 13.6. The summed E-state index contributed by atoms with van der Waals surface area (Å²) in [7, 11) is 1.23. The Morgan fingerprint density at radius 1 is 0.920 bits per heavy atom. The van der Waals surface area contributed by atoms with Gasteiger partial charge < -0.3 is 40.1 Å². The van der Waals surface area contributed by atoms with E-state index >= 15 is 0 Å². The first-order chi connectivity index (χ1) is 23.8. The molecule has 1 aromatic heterocycles. The molecule has 14 nitrogen and oxygen atoms in total. The molecule has 0 radical (unpaired) electrons. The fraction of sp³-hybridized carbons (Fsp3) is 0.559. The zero-order chi connectivity index (χ0) is 36.9. The summed E-state index contributed by atoms with van der Waals surface area (Å²) in [6, 6.07) is 7.88. The van der Waals surface area contributed by atoms with Gasteiger partial charge in [0.25, 0.3) is 0 Å². The minimum atomic E-state index is -1.13. The summed E-state index contributed by atoms with van der Waals surface area (Å²) < 4.78 is 26.8. The fourth-order valence-electron chi connectivity index (χ4n) is 4.41. The lowest BCUT2D eigenvalue weighted by atomic mass is 10.0. The summed E-state index contributed by atoms with van der Waals surface area (Å²) in [6.45, 7) is 7.32. The van der Waals surface area contributed by atoms with Gasteiger partial charge in [0.1, 0.15) is 17.5 Å². The van der Waals surface area contributed by atoms with Crippen LogP contribution in [0, 0.1) is 0 Å². The van der Waals surface area contributed by atoms with Gasteiger partial charge in [0, 0.05) is 35.8 Å².